The normalized spacial score (nSPS) is 7.14. The van der Waals surface area contributed by atoms with Crippen LogP contribution in [0.15, 0.2) is 0 Å². The van der Waals surface area contributed by atoms with Crippen molar-refractivity contribution in [1.82, 2.24) is 0 Å². The molecule has 0 rings (SSSR count). The van der Waals surface area contributed by atoms with Gasteiger partial charge in [0.25, 0.3) is 0 Å². The smallest absolute Gasteiger partial charge is 0.161 e. The molecule has 0 aliphatic rings. The van der Waals surface area contributed by atoms with E-state index in [1.54, 1.807) is 0 Å². The molecule has 1 atom stereocenters. The molecule has 0 aromatic heterocycles. The van der Waals surface area contributed by atoms with E-state index in [0.29, 0.717) is 0 Å². The number of hydrogen-bond acceptors (Lipinski definition) is 1. The lowest BCUT2D eigenvalue weighted by atomic mass is 11.0. The molecule has 4 heteroatoms. The summed E-state index contributed by atoms with van der Waals surface area (Å²) in [6, 6.07) is 0. The van der Waals surface area contributed by atoms with Crippen molar-refractivity contribution in [3.05, 3.63) is 0 Å². The lowest BCUT2D eigenvalue weighted by Crippen LogP contribution is -1.35. The minimum atomic E-state index is -1.87. The SMILES string of the molecule is CC.C[P+](=O)O.[AlH3]. The van der Waals surface area contributed by atoms with E-state index in [1.807, 2.05) is 13.8 Å². The van der Waals surface area contributed by atoms with E-state index in [9.17, 15) is 0 Å². The molecule has 0 spiro atoms. The van der Waals surface area contributed by atoms with Crippen LogP contribution in [-0.2, 0) is 4.57 Å². The first kappa shape index (κ1) is 15.6. The van der Waals surface area contributed by atoms with E-state index in [-0.39, 0.29) is 17.4 Å². The van der Waals surface area contributed by atoms with Crippen molar-refractivity contribution in [2.75, 3.05) is 6.66 Å². The molecule has 1 unspecified atom stereocenters. The molecular weight excluding hydrogens is 126 g/mol. The summed E-state index contributed by atoms with van der Waals surface area (Å²) < 4.78 is 9.15. The predicted molar refractivity (Wildman–Crippen MR) is 37.0 cm³/mol. The Kier molecular flexibility index (Phi) is 35.7. The third kappa shape index (κ3) is 396. The fourth-order valence-corrected chi connectivity index (χ4v) is 0. The third-order valence-corrected chi connectivity index (χ3v) is 0. The van der Waals surface area contributed by atoms with E-state index in [0.717, 1.165) is 0 Å². The van der Waals surface area contributed by atoms with Gasteiger partial charge in [0.05, 0.1) is 0 Å². The van der Waals surface area contributed by atoms with Crippen LogP contribution in [-0.4, -0.2) is 28.9 Å². The van der Waals surface area contributed by atoms with Gasteiger partial charge in [0, 0.05) is 0 Å². The zero-order chi connectivity index (χ0) is 5.58. The maximum atomic E-state index is 9.15. The molecule has 0 radical (unpaired) electrons. The first-order valence-electron chi connectivity index (χ1n) is 1.83. The van der Waals surface area contributed by atoms with Crippen molar-refractivity contribution in [3.8, 4) is 0 Å². The molecule has 0 saturated carbocycles. The van der Waals surface area contributed by atoms with E-state index in [1.165, 1.54) is 6.66 Å². The van der Waals surface area contributed by atoms with Crippen LogP contribution in [0.2, 0.25) is 0 Å². The Hall–Kier alpha value is 0.592. The molecule has 0 amide bonds. The quantitative estimate of drug-likeness (QED) is 0.384. The van der Waals surface area contributed by atoms with Gasteiger partial charge in [-0.15, -0.1) is 0 Å². The highest BCUT2D eigenvalue weighted by Gasteiger charge is 1.86. The maximum absolute atomic E-state index is 9.15. The van der Waals surface area contributed by atoms with Crippen molar-refractivity contribution >= 4 is 25.4 Å². The predicted octanol–water partition coefficient (Wildman–Crippen LogP) is 0.193. The molecule has 1 N–H and O–H groups in total. The minimum Gasteiger partial charge on any atom is -0.161 e. The molecule has 2 nitrogen and oxygen atoms in total. The molecule has 0 aliphatic carbocycles. The Morgan fingerprint density at radius 2 is 1.43 bits per heavy atom. The van der Waals surface area contributed by atoms with Gasteiger partial charge in [-0.05, 0) is 4.57 Å². The summed E-state index contributed by atoms with van der Waals surface area (Å²) in [6.45, 7) is 5.23. The van der Waals surface area contributed by atoms with Crippen molar-refractivity contribution in [2.24, 2.45) is 0 Å². The fraction of sp³-hybridized carbons (Fsp3) is 1.00. The Morgan fingerprint density at radius 3 is 1.43 bits per heavy atom. The van der Waals surface area contributed by atoms with Gasteiger partial charge in [-0.25, -0.2) is 0 Å². The second kappa shape index (κ2) is 16.0. The summed E-state index contributed by atoms with van der Waals surface area (Å²) in [7, 11) is -1.87. The molecule has 0 saturated heterocycles. The minimum absolute atomic E-state index is 0. The highest BCUT2D eigenvalue weighted by Crippen LogP contribution is 1.99. The Morgan fingerprint density at radius 1 is 1.43 bits per heavy atom. The van der Waals surface area contributed by atoms with E-state index >= 15 is 0 Å². The molecule has 0 aromatic carbocycles. The van der Waals surface area contributed by atoms with Gasteiger partial charge in [-0.2, -0.15) is 4.89 Å². The Labute approximate surface area is 55.9 Å². The zero-order valence-electron chi connectivity index (χ0n) is 4.30. The summed E-state index contributed by atoms with van der Waals surface area (Å²) >= 11 is 0. The molecule has 0 fully saturated rings. The largest absolute Gasteiger partial charge is 0.502 e. The van der Waals surface area contributed by atoms with Gasteiger partial charge < -0.3 is 0 Å². The summed E-state index contributed by atoms with van der Waals surface area (Å²) in [5.74, 6) is 0. The van der Waals surface area contributed by atoms with Crippen LogP contribution in [0.4, 0.5) is 0 Å². The number of hydrogen-bond donors (Lipinski definition) is 1. The average Bonchev–Trinajstić information content (AvgIpc) is 1.41. The highest BCUT2D eigenvalue weighted by atomic mass is 31.1. The van der Waals surface area contributed by atoms with Crippen molar-refractivity contribution in [3.63, 3.8) is 0 Å². The third-order valence-electron chi connectivity index (χ3n) is 0. The van der Waals surface area contributed by atoms with Crippen LogP contribution in [0.3, 0.4) is 0 Å². The van der Waals surface area contributed by atoms with Crippen LogP contribution >= 0.6 is 8.03 Å². The van der Waals surface area contributed by atoms with Gasteiger partial charge in [0.2, 0.25) is 0 Å². The van der Waals surface area contributed by atoms with E-state index in [4.69, 9.17) is 9.46 Å². The van der Waals surface area contributed by atoms with E-state index in [2.05, 4.69) is 0 Å². The first-order valence-corrected chi connectivity index (χ1v) is 3.49. The number of rotatable bonds is 0. The monoisotopic (exact) mass is 139 g/mol. The van der Waals surface area contributed by atoms with Crippen LogP contribution in [0, 0.1) is 0 Å². The molecule has 0 bridgehead atoms. The Balaban J connectivity index is -0.0000000480. The van der Waals surface area contributed by atoms with Gasteiger partial charge in [0.15, 0.2) is 24.0 Å². The van der Waals surface area contributed by atoms with Crippen molar-refractivity contribution in [2.45, 2.75) is 13.8 Å². The van der Waals surface area contributed by atoms with Gasteiger partial charge in [-0.3, -0.25) is 0 Å². The molecular formula is C3H13AlO2P+. The van der Waals surface area contributed by atoms with Gasteiger partial charge in [-0.1, -0.05) is 13.8 Å². The summed E-state index contributed by atoms with van der Waals surface area (Å²) in [5, 5.41) is 0. The summed E-state index contributed by atoms with van der Waals surface area (Å²) in [5.41, 5.74) is 0. The lowest BCUT2D eigenvalue weighted by Gasteiger charge is -1.36. The summed E-state index contributed by atoms with van der Waals surface area (Å²) in [4.78, 5) is 7.56. The molecule has 0 heterocycles. The lowest BCUT2D eigenvalue weighted by molar-refractivity contribution is 0.509. The van der Waals surface area contributed by atoms with Crippen molar-refractivity contribution in [1.29, 1.82) is 0 Å². The van der Waals surface area contributed by atoms with Crippen LogP contribution < -0.4 is 0 Å². The standard InChI is InChI=1S/C2H6.CH3O2P.Al.3H/c1-2;1-4(2)3;;;;/h1-2H3;1H3;;;;/p+1. The molecule has 7 heavy (non-hydrogen) atoms. The van der Waals surface area contributed by atoms with Crippen LogP contribution in [0.1, 0.15) is 13.8 Å². The topological polar surface area (TPSA) is 37.3 Å². The highest BCUT2D eigenvalue weighted by molar-refractivity contribution is 7.36. The fourth-order valence-electron chi connectivity index (χ4n) is 0. The van der Waals surface area contributed by atoms with Gasteiger partial charge in [0.1, 0.15) is 0 Å². The maximum Gasteiger partial charge on any atom is 0.502 e. The van der Waals surface area contributed by atoms with Crippen LogP contribution in [0.5, 0.6) is 0 Å². The molecule has 44 valence electrons. The second-order valence-electron chi connectivity index (χ2n) is 0.464. The first-order chi connectivity index (χ1) is 2.73. The van der Waals surface area contributed by atoms with Crippen LogP contribution in [0.25, 0.3) is 0 Å². The van der Waals surface area contributed by atoms with Gasteiger partial charge >= 0.3 is 8.03 Å². The Bertz CT molecular complexity index is 35.9. The van der Waals surface area contributed by atoms with Crippen molar-refractivity contribution < 1.29 is 9.46 Å². The molecule has 0 aliphatic heterocycles. The summed E-state index contributed by atoms with van der Waals surface area (Å²) in [6.07, 6.45) is 0. The molecule has 0 aromatic rings. The average molecular weight is 139 g/mol. The van der Waals surface area contributed by atoms with E-state index < -0.39 is 8.03 Å². The zero-order valence-corrected chi connectivity index (χ0v) is 5.20. The second-order valence-corrected chi connectivity index (χ2v) is 1.39.